The summed E-state index contributed by atoms with van der Waals surface area (Å²) in [6, 6.07) is 3.69. The van der Waals surface area contributed by atoms with Crippen LogP contribution in [0.5, 0.6) is 0 Å². The molecule has 1 rings (SSSR count). The molecule has 19 heavy (non-hydrogen) atoms. The first-order chi connectivity index (χ1) is 8.90. The van der Waals surface area contributed by atoms with E-state index >= 15 is 0 Å². The minimum atomic E-state index is -0.542. The van der Waals surface area contributed by atoms with Crippen LogP contribution in [0.25, 0.3) is 0 Å². The van der Waals surface area contributed by atoms with Gasteiger partial charge in [0.05, 0.1) is 11.0 Å². The van der Waals surface area contributed by atoms with Crippen LogP contribution in [0.1, 0.15) is 41.2 Å². The minimum absolute atomic E-state index is 0.00217. The van der Waals surface area contributed by atoms with Gasteiger partial charge in [-0.05, 0) is 25.0 Å². The Kier molecular flexibility index (Phi) is 6.18. The molecule has 0 bridgehead atoms. The molecule has 106 valence electrons. The van der Waals surface area contributed by atoms with Crippen molar-refractivity contribution in [2.24, 2.45) is 5.92 Å². The van der Waals surface area contributed by atoms with Crippen LogP contribution >= 0.6 is 11.3 Å². The van der Waals surface area contributed by atoms with Gasteiger partial charge >= 0.3 is 0 Å². The van der Waals surface area contributed by atoms with Gasteiger partial charge in [-0.15, -0.1) is 11.3 Å². The molecule has 1 amide bonds. The predicted octanol–water partition coefficient (Wildman–Crippen LogP) is 2.15. The molecule has 5 heteroatoms. The Morgan fingerprint density at radius 3 is 2.53 bits per heavy atom. The molecule has 0 radical (unpaired) electrons. The summed E-state index contributed by atoms with van der Waals surface area (Å²) in [5.41, 5.74) is 0. The summed E-state index contributed by atoms with van der Waals surface area (Å²) in [6.07, 6.45) is -0.163. The van der Waals surface area contributed by atoms with E-state index in [1.165, 1.54) is 11.3 Å². The molecule has 4 nitrogen and oxygen atoms in total. The largest absolute Gasteiger partial charge is 0.391 e. The van der Waals surface area contributed by atoms with Crippen molar-refractivity contribution in [3.63, 3.8) is 0 Å². The number of ketones is 1. The van der Waals surface area contributed by atoms with Crippen molar-refractivity contribution in [3.05, 3.63) is 21.9 Å². The van der Waals surface area contributed by atoms with Crippen molar-refractivity contribution in [1.29, 1.82) is 0 Å². The molecule has 0 fully saturated rings. The predicted molar refractivity (Wildman–Crippen MR) is 76.5 cm³/mol. The molecule has 0 saturated carbocycles. The standard InChI is InChI=1S/C14H21NO3S/c1-9(2)12(17)8-15-14(18)7-5-11(16)13-6-4-10(3)19-13/h4,6,9,12,17H,5,7-8H2,1-3H3,(H,15,18). The van der Waals surface area contributed by atoms with Gasteiger partial charge in [0.15, 0.2) is 5.78 Å². The topological polar surface area (TPSA) is 66.4 Å². The number of hydrogen-bond donors (Lipinski definition) is 2. The highest BCUT2D eigenvalue weighted by molar-refractivity contribution is 7.14. The van der Waals surface area contributed by atoms with Crippen LogP contribution in [-0.4, -0.2) is 29.4 Å². The number of nitrogens with one attached hydrogen (secondary N) is 1. The zero-order valence-corrected chi connectivity index (χ0v) is 12.4. The molecule has 0 aliphatic heterocycles. The fraction of sp³-hybridized carbons (Fsp3) is 0.571. The average Bonchev–Trinajstić information content (AvgIpc) is 2.79. The molecular formula is C14H21NO3S. The Hall–Kier alpha value is -1.20. The Morgan fingerprint density at radius 1 is 1.32 bits per heavy atom. The van der Waals surface area contributed by atoms with Gasteiger partial charge in [0.2, 0.25) is 5.91 Å². The number of rotatable bonds is 7. The summed E-state index contributed by atoms with van der Waals surface area (Å²) in [6.45, 7) is 5.96. The van der Waals surface area contributed by atoms with E-state index in [1.807, 2.05) is 26.8 Å². The number of aryl methyl sites for hydroxylation is 1. The van der Waals surface area contributed by atoms with Crippen LogP contribution in [-0.2, 0) is 4.79 Å². The van der Waals surface area contributed by atoms with Gasteiger partial charge in [-0.1, -0.05) is 13.8 Å². The first kappa shape index (κ1) is 15.9. The first-order valence-electron chi connectivity index (χ1n) is 6.44. The second-order valence-corrected chi connectivity index (χ2v) is 6.24. The summed E-state index contributed by atoms with van der Waals surface area (Å²) >= 11 is 1.45. The molecular weight excluding hydrogens is 262 g/mol. The molecule has 1 atom stereocenters. The molecule has 1 aromatic heterocycles. The monoisotopic (exact) mass is 283 g/mol. The molecule has 0 aliphatic carbocycles. The van der Waals surface area contributed by atoms with Crippen LogP contribution in [0, 0.1) is 12.8 Å². The lowest BCUT2D eigenvalue weighted by Crippen LogP contribution is -2.34. The summed E-state index contributed by atoms with van der Waals surface area (Å²) in [5.74, 6) is -0.0880. The number of aliphatic hydroxyl groups is 1. The zero-order chi connectivity index (χ0) is 14.4. The lowest BCUT2D eigenvalue weighted by atomic mass is 10.1. The number of aliphatic hydroxyl groups excluding tert-OH is 1. The highest BCUT2D eigenvalue weighted by Gasteiger charge is 2.13. The second kappa shape index (κ2) is 7.40. The Bertz CT molecular complexity index is 440. The number of hydrogen-bond acceptors (Lipinski definition) is 4. The second-order valence-electron chi connectivity index (χ2n) is 4.95. The van der Waals surface area contributed by atoms with Crippen molar-refractivity contribution in [2.45, 2.75) is 39.7 Å². The Morgan fingerprint density at radius 2 is 2.00 bits per heavy atom. The molecule has 0 aromatic carbocycles. The van der Waals surface area contributed by atoms with Crippen LogP contribution in [0.4, 0.5) is 0 Å². The maximum atomic E-state index is 11.8. The SMILES string of the molecule is Cc1ccc(C(=O)CCC(=O)NCC(O)C(C)C)s1. The average molecular weight is 283 g/mol. The smallest absolute Gasteiger partial charge is 0.220 e. The summed E-state index contributed by atoms with van der Waals surface area (Å²) in [4.78, 5) is 25.1. The van der Waals surface area contributed by atoms with Gasteiger partial charge in [-0.3, -0.25) is 9.59 Å². The van der Waals surface area contributed by atoms with Gasteiger partial charge in [-0.2, -0.15) is 0 Å². The van der Waals surface area contributed by atoms with Crippen LogP contribution in [0.15, 0.2) is 12.1 Å². The lowest BCUT2D eigenvalue weighted by Gasteiger charge is -2.14. The van der Waals surface area contributed by atoms with Crippen LogP contribution < -0.4 is 5.32 Å². The Balaban J connectivity index is 2.29. The van der Waals surface area contributed by atoms with Crippen molar-refractivity contribution in [1.82, 2.24) is 5.32 Å². The minimum Gasteiger partial charge on any atom is -0.391 e. The Labute approximate surface area is 117 Å². The van der Waals surface area contributed by atoms with Crippen LogP contribution in [0.3, 0.4) is 0 Å². The first-order valence-corrected chi connectivity index (χ1v) is 7.26. The third kappa shape index (κ3) is 5.53. The summed E-state index contributed by atoms with van der Waals surface area (Å²) in [5, 5.41) is 12.2. The molecule has 0 aliphatic rings. The van der Waals surface area contributed by atoms with Gasteiger partial charge in [0.25, 0.3) is 0 Å². The molecule has 1 unspecified atom stereocenters. The van der Waals surface area contributed by atoms with Gasteiger partial charge in [0.1, 0.15) is 0 Å². The van der Waals surface area contributed by atoms with Crippen LogP contribution in [0.2, 0.25) is 0 Å². The highest BCUT2D eigenvalue weighted by Crippen LogP contribution is 2.17. The number of thiophene rings is 1. The van der Waals surface area contributed by atoms with E-state index in [-0.39, 0.29) is 37.0 Å². The van der Waals surface area contributed by atoms with Gasteiger partial charge in [0, 0.05) is 24.3 Å². The quantitative estimate of drug-likeness (QED) is 0.754. The molecule has 0 saturated heterocycles. The summed E-state index contributed by atoms with van der Waals surface area (Å²) in [7, 11) is 0. The lowest BCUT2D eigenvalue weighted by molar-refractivity contribution is -0.121. The highest BCUT2D eigenvalue weighted by atomic mass is 32.1. The van der Waals surface area contributed by atoms with E-state index in [1.54, 1.807) is 6.07 Å². The van der Waals surface area contributed by atoms with Gasteiger partial charge < -0.3 is 10.4 Å². The van der Waals surface area contributed by atoms with Crippen molar-refractivity contribution in [3.8, 4) is 0 Å². The summed E-state index contributed by atoms with van der Waals surface area (Å²) < 4.78 is 0. The number of carbonyl (C=O) groups excluding carboxylic acids is 2. The third-order valence-electron chi connectivity index (χ3n) is 2.87. The maximum absolute atomic E-state index is 11.8. The van der Waals surface area contributed by atoms with E-state index < -0.39 is 6.10 Å². The molecule has 0 spiro atoms. The molecule has 1 aromatic rings. The van der Waals surface area contributed by atoms with Crippen molar-refractivity contribution < 1.29 is 14.7 Å². The van der Waals surface area contributed by atoms with E-state index in [0.717, 1.165) is 4.88 Å². The number of amides is 1. The molecule has 2 N–H and O–H groups in total. The maximum Gasteiger partial charge on any atom is 0.220 e. The normalized spacial score (nSPS) is 12.5. The van der Waals surface area contributed by atoms with E-state index in [0.29, 0.717) is 4.88 Å². The van der Waals surface area contributed by atoms with Crippen molar-refractivity contribution >= 4 is 23.0 Å². The van der Waals surface area contributed by atoms with Gasteiger partial charge in [-0.25, -0.2) is 0 Å². The fourth-order valence-corrected chi connectivity index (χ4v) is 2.31. The van der Waals surface area contributed by atoms with Crippen molar-refractivity contribution in [2.75, 3.05) is 6.54 Å². The van der Waals surface area contributed by atoms with E-state index in [9.17, 15) is 14.7 Å². The third-order valence-corrected chi connectivity index (χ3v) is 3.91. The number of carbonyl (C=O) groups is 2. The number of Topliss-reactive ketones (excluding diaryl/α,β-unsaturated/α-hetero) is 1. The molecule has 1 heterocycles. The van der Waals surface area contributed by atoms with E-state index in [2.05, 4.69) is 5.32 Å². The zero-order valence-electron chi connectivity index (χ0n) is 11.6. The van der Waals surface area contributed by atoms with E-state index in [4.69, 9.17) is 0 Å². The fourth-order valence-electron chi connectivity index (χ4n) is 1.48.